The van der Waals surface area contributed by atoms with Crippen LogP contribution in [0.2, 0.25) is 0 Å². The Labute approximate surface area is 146 Å². The van der Waals surface area contributed by atoms with Crippen LogP contribution in [0.1, 0.15) is 17.8 Å². The molecular weight excluding hydrogens is 322 g/mol. The number of thiazole rings is 1. The molecule has 24 heavy (non-hydrogen) atoms. The Kier molecular flexibility index (Phi) is 4.78. The normalized spacial score (nSPS) is 22.8. The quantitative estimate of drug-likeness (QED) is 0.857. The number of amides is 1. The van der Waals surface area contributed by atoms with Gasteiger partial charge in [0.2, 0.25) is 5.91 Å². The van der Waals surface area contributed by atoms with E-state index in [0.29, 0.717) is 19.1 Å². The van der Waals surface area contributed by atoms with Crippen molar-refractivity contribution >= 4 is 27.5 Å². The highest BCUT2D eigenvalue weighted by Crippen LogP contribution is 2.25. The van der Waals surface area contributed by atoms with Gasteiger partial charge in [0, 0.05) is 19.6 Å². The summed E-state index contributed by atoms with van der Waals surface area (Å²) in [6.07, 6.45) is 2.10. The number of aromatic nitrogens is 1. The predicted octanol–water partition coefficient (Wildman–Crippen LogP) is 2.37. The van der Waals surface area contributed by atoms with E-state index in [1.54, 1.807) is 11.3 Å². The van der Waals surface area contributed by atoms with Crippen molar-refractivity contribution in [2.24, 2.45) is 5.92 Å². The van der Waals surface area contributed by atoms with Crippen molar-refractivity contribution in [1.82, 2.24) is 14.8 Å². The van der Waals surface area contributed by atoms with E-state index in [1.165, 1.54) is 4.70 Å². The van der Waals surface area contributed by atoms with E-state index in [2.05, 4.69) is 23.1 Å². The van der Waals surface area contributed by atoms with Crippen molar-refractivity contribution < 1.29 is 9.53 Å². The van der Waals surface area contributed by atoms with Crippen LogP contribution in [-0.2, 0) is 16.1 Å². The van der Waals surface area contributed by atoms with Crippen LogP contribution in [0.5, 0.6) is 0 Å². The van der Waals surface area contributed by atoms with Crippen molar-refractivity contribution in [2.45, 2.75) is 19.4 Å². The molecule has 0 N–H and O–H groups in total. The summed E-state index contributed by atoms with van der Waals surface area (Å²) in [5.74, 6) is 0.443. The molecule has 0 radical (unpaired) electrons. The summed E-state index contributed by atoms with van der Waals surface area (Å²) in [4.78, 5) is 21.8. The third-order valence-corrected chi connectivity index (χ3v) is 5.90. The van der Waals surface area contributed by atoms with E-state index in [4.69, 9.17) is 9.72 Å². The number of para-hydroxylation sites is 1. The molecule has 0 saturated carbocycles. The van der Waals surface area contributed by atoms with Gasteiger partial charge in [-0.25, -0.2) is 4.98 Å². The number of piperidine rings is 1. The van der Waals surface area contributed by atoms with Crippen molar-refractivity contribution in [3.63, 3.8) is 0 Å². The molecule has 128 valence electrons. The number of likely N-dealkylation sites (tertiary alicyclic amines) is 1. The summed E-state index contributed by atoms with van der Waals surface area (Å²) in [6.45, 7) is 5.60. The molecular formula is C18H23N3O2S. The van der Waals surface area contributed by atoms with Crippen LogP contribution in [0.4, 0.5) is 0 Å². The molecule has 2 aliphatic rings. The number of carbonyl (C=O) groups is 1. The van der Waals surface area contributed by atoms with Crippen molar-refractivity contribution in [2.75, 3.05) is 39.4 Å². The molecule has 2 aromatic rings. The van der Waals surface area contributed by atoms with E-state index in [-0.39, 0.29) is 5.92 Å². The molecule has 3 heterocycles. The van der Waals surface area contributed by atoms with Gasteiger partial charge in [-0.2, -0.15) is 0 Å². The molecule has 2 fully saturated rings. The topological polar surface area (TPSA) is 45.7 Å². The molecule has 2 saturated heterocycles. The summed E-state index contributed by atoms with van der Waals surface area (Å²) in [5, 5.41) is 1.15. The van der Waals surface area contributed by atoms with Crippen LogP contribution >= 0.6 is 11.3 Å². The molecule has 1 unspecified atom stereocenters. The number of ether oxygens (including phenoxy) is 1. The fourth-order valence-corrected chi connectivity index (χ4v) is 4.63. The van der Waals surface area contributed by atoms with E-state index < -0.39 is 0 Å². The van der Waals surface area contributed by atoms with E-state index >= 15 is 0 Å². The largest absolute Gasteiger partial charge is 0.378 e. The highest BCUT2D eigenvalue weighted by molar-refractivity contribution is 7.18. The highest BCUT2D eigenvalue weighted by Gasteiger charge is 2.30. The number of fused-ring (bicyclic) bond motifs is 1. The Bertz CT molecular complexity index is 678. The van der Waals surface area contributed by atoms with Gasteiger partial charge in [-0.1, -0.05) is 12.1 Å². The maximum Gasteiger partial charge on any atom is 0.227 e. The maximum atomic E-state index is 12.7. The second-order valence-electron chi connectivity index (χ2n) is 6.59. The van der Waals surface area contributed by atoms with Crippen LogP contribution in [-0.4, -0.2) is 60.1 Å². The molecule has 1 atom stereocenters. The number of morpholine rings is 1. The van der Waals surface area contributed by atoms with Gasteiger partial charge in [-0.15, -0.1) is 11.3 Å². The first-order valence-corrected chi connectivity index (χ1v) is 9.54. The molecule has 0 spiro atoms. The standard InChI is InChI=1S/C18H23N3O2S/c22-18(21-8-10-23-11-9-21)14-4-3-7-20(12-14)13-17-19-15-5-1-2-6-16(15)24-17/h1-2,5-6,14H,3-4,7-13H2. The molecule has 1 aromatic heterocycles. The van der Waals surface area contributed by atoms with E-state index in [9.17, 15) is 4.79 Å². The van der Waals surface area contributed by atoms with Gasteiger partial charge >= 0.3 is 0 Å². The van der Waals surface area contributed by atoms with Crippen molar-refractivity contribution in [3.05, 3.63) is 29.3 Å². The number of carbonyl (C=O) groups excluding carboxylic acids is 1. The minimum absolute atomic E-state index is 0.131. The summed E-state index contributed by atoms with van der Waals surface area (Å²) in [5.41, 5.74) is 1.08. The summed E-state index contributed by atoms with van der Waals surface area (Å²) < 4.78 is 6.60. The van der Waals surface area contributed by atoms with E-state index in [1.807, 2.05) is 11.0 Å². The second-order valence-corrected chi connectivity index (χ2v) is 7.70. The van der Waals surface area contributed by atoms with Gasteiger partial charge in [0.25, 0.3) is 0 Å². The first kappa shape index (κ1) is 16.0. The van der Waals surface area contributed by atoms with Gasteiger partial charge in [-0.3, -0.25) is 9.69 Å². The molecule has 2 aliphatic heterocycles. The lowest BCUT2D eigenvalue weighted by Gasteiger charge is -2.35. The average molecular weight is 345 g/mol. The molecule has 0 bridgehead atoms. The highest BCUT2D eigenvalue weighted by atomic mass is 32.1. The smallest absolute Gasteiger partial charge is 0.227 e. The fraction of sp³-hybridized carbons (Fsp3) is 0.556. The lowest BCUT2D eigenvalue weighted by atomic mass is 9.96. The van der Waals surface area contributed by atoms with Crippen LogP contribution in [0.3, 0.4) is 0 Å². The summed E-state index contributed by atoms with van der Waals surface area (Å²) in [6, 6.07) is 8.28. The first-order chi connectivity index (χ1) is 11.8. The third-order valence-electron chi connectivity index (χ3n) is 4.87. The fourth-order valence-electron chi connectivity index (χ4n) is 3.62. The molecule has 0 aliphatic carbocycles. The Morgan fingerprint density at radius 3 is 2.92 bits per heavy atom. The van der Waals surface area contributed by atoms with Crippen LogP contribution in [0.15, 0.2) is 24.3 Å². The average Bonchev–Trinajstić information content (AvgIpc) is 3.04. The second kappa shape index (κ2) is 7.17. The molecule has 4 rings (SSSR count). The summed E-state index contributed by atoms with van der Waals surface area (Å²) in [7, 11) is 0. The number of benzene rings is 1. The van der Waals surface area contributed by atoms with Crippen LogP contribution < -0.4 is 0 Å². The third kappa shape index (κ3) is 3.45. The zero-order valence-corrected chi connectivity index (χ0v) is 14.6. The maximum absolute atomic E-state index is 12.7. The number of hydrogen-bond donors (Lipinski definition) is 0. The molecule has 6 heteroatoms. The van der Waals surface area contributed by atoms with Gasteiger partial charge in [-0.05, 0) is 31.5 Å². The van der Waals surface area contributed by atoms with Crippen LogP contribution in [0.25, 0.3) is 10.2 Å². The van der Waals surface area contributed by atoms with Gasteiger partial charge in [0.1, 0.15) is 5.01 Å². The number of rotatable bonds is 3. The number of nitrogens with zero attached hydrogens (tertiary/aromatic N) is 3. The van der Waals surface area contributed by atoms with Gasteiger partial charge < -0.3 is 9.64 Å². The number of hydrogen-bond acceptors (Lipinski definition) is 5. The minimum atomic E-state index is 0.131. The predicted molar refractivity (Wildman–Crippen MR) is 95.0 cm³/mol. The first-order valence-electron chi connectivity index (χ1n) is 8.73. The molecule has 5 nitrogen and oxygen atoms in total. The van der Waals surface area contributed by atoms with Crippen molar-refractivity contribution in [1.29, 1.82) is 0 Å². The Morgan fingerprint density at radius 1 is 1.25 bits per heavy atom. The molecule has 1 aromatic carbocycles. The zero-order valence-electron chi connectivity index (χ0n) is 13.8. The van der Waals surface area contributed by atoms with Gasteiger partial charge in [0.15, 0.2) is 0 Å². The lowest BCUT2D eigenvalue weighted by molar-refractivity contribution is -0.141. The Balaban J connectivity index is 1.40. The molecule has 1 amide bonds. The SMILES string of the molecule is O=C(C1CCCN(Cc2nc3ccccc3s2)C1)N1CCOCC1. The monoisotopic (exact) mass is 345 g/mol. The van der Waals surface area contributed by atoms with Gasteiger partial charge in [0.05, 0.1) is 35.9 Å². The minimum Gasteiger partial charge on any atom is -0.378 e. The van der Waals surface area contributed by atoms with E-state index in [0.717, 1.165) is 56.1 Å². The summed E-state index contributed by atoms with van der Waals surface area (Å²) >= 11 is 1.76. The zero-order chi connectivity index (χ0) is 16.4. The van der Waals surface area contributed by atoms with Crippen molar-refractivity contribution in [3.8, 4) is 0 Å². The Morgan fingerprint density at radius 2 is 2.08 bits per heavy atom. The lowest BCUT2D eigenvalue weighted by Crippen LogP contribution is -2.48. The van der Waals surface area contributed by atoms with Crippen LogP contribution in [0, 0.1) is 5.92 Å². The Hall–Kier alpha value is -1.50.